The van der Waals surface area contributed by atoms with Crippen molar-refractivity contribution in [2.45, 2.75) is 19.9 Å². The third kappa shape index (κ3) is 4.26. The summed E-state index contributed by atoms with van der Waals surface area (Å²) in [7, 11) is 0. The number of hydrogen-bond acceptors (Lipinski definition) is 5. The largest absolute Gasteiger partial charge is 0.506 e. The highest BCUT2D eigenvalue weighted by Crippen LogP contribution is 2.28. The molecule has 0 spiro atoms. The number of pyridine rings is 1. The fraction of sp³-hybridized carbons (Fsp3) is 0.143. The van der Waals surface area contributed by atoms with Gasteiger partial charge in [0.05, 0.1) is 0 Å². The van der Waals surface area contributed by atoms with Crippen molar-refractivity contribution in [2.75, 3.05) is 0 Å². The Hall–Kier alpha value is -3.18. The van der Waals surface area contributed by atoms with E-state index in [1.54, 1.807) is 24.3 Å². The van der Waals surface area contributed by atoms with Crippen LogP contribution >= 0.6 is 0 Å². The van der Waals surface area contributed by atoms with E-state index in [0.717, 1.165) is 22.4 Å². The zero-order chi connectivity index (χ0) is 18.5. The van der Waals surface area contributed by atoms with E-state index in [2.05, 4.69) is 4.98 Å². The molecule has 0 bridgehead atoms. The second kappa shape index (κ2) is 7.80. The molecule has 1 aromatic heterocycles. The smallest absolute Gasteiger partial charge is 0.308 e. The summed E-state index contributed by atoms with van der Waals surface area (Å²) in [6.07, 6.45) is 0.601. The summed E-state index contributed by atoms with van der Waals surface area (Å²) in [6.45, 7) is 1.80. The zero-order valence-electron chi connectivity index (χ0n) is 14.5. The maximum absolute atomic E-state index is 11.0. The number of nitrogens with two attached hydrogens (primary N) is 1. The van der Waals surface area contributed by atoms with Crippen molar-refractivity contribution in [3.05, 3.63) is 77.5 Å². The highest BCUT2D eigenvalue weighted by Gasteiger charge is 2.09. The second-order valence-corrected chi connectivity index (χ2v) is 5.99. The van der Waals surface area contributed by atoms with Gasteiger partial charge < -0.3 is 15.6 Å². The van der Waals surface area contributed by atoms with E-state index in [4.69, 9.17) is 10.5 Å². The highest BCUT2D eigenvalue weighted by molar-refractivity contribution is 5.69. The first-order chi connectivity index (χ1) is 12.5. The molecule has 1 heterocycles. The van der Waals surface area contributed by atoms with Crippen molar-refractivity contribution in [2.24, 2.45) is 5.73 Å². The van der Waals surface area contributed by atoms with Gasteiger partial charge in [-0.3, -0.25) is 4.79 Å². The Morgan fingerprint density at radius 3 is 2.54 bits per heavy atom. The van der Waals surface area contributed by atoms with Crippen LogP contribution in [0, 0.1) is 0 Å². The van der Waals surface area contributed by atoms with Gasteiger partial charge in [0.15, 0.2) is 0 Å². The predicted octanol–water partition coefficient (Wildman–Crippen LogP) is 3.43. The topological polar surface area (TPSA) is 85.4 Å². The first kappa shape index (κ1) is 17.6. The van der Waals surface area contributed by atoms with Gasteiger partial charge in [-0.05, 0) is 41.5 Å². The predicted molar refractivity (Wildman–Crippen MR) is 99.8 cm³/mol. The van der Waals surface area contributed by atoms with E-state index < -0.39 is 0 Å². The molecule has 0 aliphatic heterocycles. The van der Waals surface area contributed by atoms with E-state index in [-0.39, 0.29) is 11.7 Å². The van der Waals surface area contributed by atoms with Crippen LogP contribution < -0.4 is 10.5 Å². The van der Waals surface area contributed by atoms with E-state index in [9.17, 15) is 9.90 Å². The molecular formula is C21H20N2O3. The number of carbonyl (C=O) groups is 1. The third-order valence-electron chi connectivity index (χ3n) is 3.94. The van der Waals surface area contributed by atoms with Crippen LogP contribution in [-0.2, 0) is 17.8 Å². The van der Waals surface area contributed by atoms with Crippen LogP contribution in [0.4, 0.5) is 0 Å². The van der Waals surface area contributed by atoms with E-state index in [1.807, 2.05) is 36.4 Å². The average Bonchev–Trinajstić information content (AvgIpc) is 2.64. The third-order valence-corrected chi connectivity index (χ3v) is 3.94. The minimum Gasteiger partial charge on any atom is -0.506 e. The SMILES string of the molecule is CC(=O)Oc1ccc(Cc2ccc(O)c(-c3cccc(CN)c3)n2)cc1. The zero-order valence-corrected chi connectivity index (χ0v) is 14.5. The van der Waals surface area contributed by atoms with Gasteiger partial charge in [0.2, 0.25) is 0 Å². The first-order valence-corrected chi connectivity index (χ1v) is 8.31. The quantitative estimate of drug-likeness (QED) is 0.545. The summed E-state index contributed by atoms with van der Waals surface area (Å²) in [5.74, 6) is 0.301. The van der Waals surface area contributed by atoms with Crippen LogP contribution in [0.2, 0.25) is 0 Å². The van der Waals surface area contributed by atoms with Crippen molar-refractivity contribution in [1.82, 2.24) is 4.98 Å². The number of ether oxygens (including phenoxy) is 1. The normalized spacial score (nSPS) is 10.5. The Balaban J connectivity index is 1.84. The molecule has 0 saturated heterocycles. The lowest BCUT2D eigenvalue weighted by molar-refractivity contribution is -0.131. The maximum atomic E-state index is 11.0. The number of carbonyl (C=O) groups excluding carboxylic acids is 1. The van der Waals surface area contributed by atoms with Gasteiger partial charge in [0, 0.05) is 31.1 Å². The summed E-state index contributed by atoms with van der Waals surface area (Å²) in [5, 5.41) is 10.2. The molecule has 0 aliphatic carbocycles. The van der Waals surface area contributed by atoms with E-state index in [0.29, 0.717) is 24.4 Å². The molecule has 0 aliphatic rings. The summed E-state index contributed by atoms with van der Waals surface area (Å²) in [4.78, 5) is 15.6. The van der Waals surface area contributed by atoms with Gasteiger partial charge in [-0.2, -0.15) is 0 Å². The number of aromatic hydroxyl groups is 1. The lowest BCUT2D eigenvalue weighted by Gasteiger charge is -2.09. The molecule has 3 aromatic rings. The molecule has 3 rings (SSSR count). The molecule has 0 unspecified atom stereocenters. The molecule has 5 heteroatoms. The summed E-state index contributed by atoms with van der Waals surface area (Å²) < 4.78 is 5.04. The number of aromatic nitrogens is 1. The number of nitrogens with zero attached hydrogens (tertiary/aromatic N) is 1. The van der Waals surface area contributed by atoms with Crippen LogP contribution in [0.3, 0.4) is 0 Å². The van der Waals surface area contributed by atoms with E-state index in [1.165, 1.54) is 6.92 Å². The minimum absolute atomic E-state index is 0.133. The van der Waals surface area contributed by atoms with Crippen LogP contribution in [0.15, 0.2) is 60.7 Å². The molecule has 0 fully saturated rings. The highest BCUT2D eigenvalue weighted by atomic mass is 16.5. The van der Waals surface area contributed by atoms with Gasteiger partial charge in [0.25, 0.3) is 0 Å². The Morgan fingerprint density at radius 2 is 1.85 bits per heavy atom. The Kier molecular flexibility index (Phi) is 5.29. The molecule has 132 valence electrons. The Labute approximate surface area is 152 Å². The van der Waals surface area contributed by atoms with Crippen LogP contribution in [0.1, 0.15) is 23.7 Å². The molecule has 0 radical (unpaired) electrons. The first-order valence-electron chi connectivity index (χ1n) is 8.31. The molecule has 3 N–H and O–H groups in total. The van der Waals surface area contributed by atoms with Crippen LogP contribution in [0.25, 0.3) is 11.3 Å². The van der Waals surface area contributed by atoms with Crippen LogP contribution in [0.5, 0.6) is 11.5 Å². The second-order valence-electron chi connectivity index (χ2n) is 5.99. The summed E-state index contributed by atoms with van der Waals surface area (Å²) in [5.41, 5.74) is 9.90. The lowest BCUT2D eigenvalue weighted by Crippen LogP contribution is -2.01. The summed E-state index contributed by atoms with van der Waals surface area (Å²) >= 11 is 0. The van der Waals surface area contributed by atoms with Gasteiger partial charge in [-0.15, -0.1) is 0 Å². The molecule has 26 heavy (non-hydrogen) atoms. The fourth-order valence-corrected chi connectivity index (χ4v) is 2.70. The Morgan fingerprint density at radius 1 is 1.08 bits per heavy atom. The van der Waals surface area contributed by atoms with Gasteiger partial charge in [0.1, 0.15) is 17.2 Å². The summed E-state index contributed by atoms with van der Waals surface area (Å²) in [6, 6.07) is 18.4. The van der Waals surface area contributed by atoms with Crippen molar-refractivity contribution in [1.29, 1.82) is 0 Å². The number of esters is 1. The standard InChI is InChI=1S/C21H20N2O3/c1-14(24)26-19-8-5-15(6-9-19)12-18-7-10-20(25)21(23-18)17-4-2-3-16(11-17)13-22/h2-11,25H,12-13,22H2,1H3. The van der Waals surface area contributed by atoms with Crippen molar-refractivity contribution < 1.29 is 14.6 Å². The van der Waals surface area contributed by atoms with Gasteiger partial charge >= 0.3 is 5.97 Å². The fourth-order valence-electron chi connectivity index (χ4n) is 2.70. The molecule has 0 atom stereocenters. The van der Waals surface area contributed by atoms with Gasteiger partial charge in [-0.1, -0.05) is 30.3 Å². The number of rotatable bonds is 5. The molecular weight excluding hydrogens is 328 g/mol. The molecule has 5 nitrogen and oxygen atoms in total. The molecule has 0 saturated carbocycles. The molecule has 0 amide bonds. The average molecular weight is 348 g/mol. The van der Waals surface area contributed by atoms with Crippen molar-refractivity contribution in [3.8, 4) is 22.8 Å². The van der Waals surface area contributed by atoms with Crippen molar-refractivity contribution in [3.63, 3.8) is 0 Å². The van der Waals surface area contributed by atoms with E-state index >= 15 is 0 Å². The number of benzene rings is 2. The number of hydrogen-bond donors (Lipinski definition) is 2. The Bertz CT molecular complexity index is 921. The molecule has 2 aromatic carbocycles. The maximum Gasteiger partial charge on any atom is 0.308 e. The van der Waals surface area contributed by atoms with Gasteiger partial charge in [-0.25, -0.2) is 4.98 Å². The minimum atomic E-state index is -0.345. The van der Waals surface area contributed by atoms with Crippen molar-refractivity contribution >= 4 is 5.97 Å². The van der Waals surface area contributed by atoms with Crippen LogP contribution in [-0.4, -0.2) is 16.1 Å². The monoisotopic (exact) mass is 348 g/mol. The lowest BCUT2D eigenvalue weighted by atomic mass is 10.0.